The minimum Gasteiger partial charge on any atom is -0.348 e. The molecule has 0 saturated carbocycles. The number of hydrogen-bond acceptors (Lipinski definition) is 4. The van der Waals surface area contributed by atoms with Gasteiger partial charge in [0.2, 0.25) is 0 Å². The second-order valence-electron chi connectivity index (χ2n) is 5.60. The first-order valence-electron chi connectivity index (χ1n) is 7.37. The van der Waals surface area contributed by atoms with Crippen LogP contribution in [-0.2, 0) is 0 Å². The van der Waals surface area contributed by atoms with E-state index in [0.29, 0.717) is 16.8 Å². The molecule has 0 radical (unpaired) electrons. The van der Waals surface area contributed by atoms with Gasteiger partial charge in [-0.25, -0.2) is 4.98 Å². The minimum absolute atomic E-state index is 0.0939. The fraction of sp³-hybridized carbons (Fsp3) is 0.375. The molecule has 2 aromatic rings. The average Bonchev–Trinajstić information content (AvgIpc) is 2.97. The molecule has 1 aliphatic heterocycles. The molecule has 1 fully saturated rings. The molecule has 4 nitrogen and oxygen atoms in total. The highest BCUT2D eigenvalue weighted by atomic mass is 35.5. The van der Waals surface area contributed by atoms with E-state index in [4.69, 9.17) is 11.6 Å². The summed E-state index contributed by atoms with van der Waals surface area (Å²) in [6.45, 7) is 3.08. The lowest BCUT2D eigenvalue weighted by Gasteiger charge is -2.28. The van der Waals surface area contributed by atoms with Crippen LogP contribution < -0.4 is 10.6 Å². The number of piperidine rings is 1. The van der Waals surface area contributed by atoms with Crippen molar-refractivity contribution in [3.8, 4) is 10.6 Å². The van der Waals surface area contributed by atoms with Crippen LogP contribution >= 0.6 is 22.9 Å². The smallest absolute Gasteiger partial charge is 0.270 e. The van der Waals surface area contributed by atoms with Gasteiger partial charge in [0, 0.05) is 28.0 Å². The van der Waals surface area contributed by atoms with E-state index in [1.54, 1.807) is 5.38 Å². The Balaban J connectivity index is 1.69. The van der Waals surface area contributed by atoms with E-state index in [1.165, 1.54) is 11.3 Å². The minimum atomic E-state index is -0.0939. The molecule has 2 atom stereocenters. The number of aromatic nitrogens is 1. The topological polar surface area (TPSA) is 54.0 Å². The van der Waals surface area contributed by atoms with Crippen LogP contribution in [0.25, 0.3) is 10.6 Å². The molecule has 22 heavy (non-hydrogen) atoms. The van der Waals surface area contributed by atoms with E-state index >= 15 is 0 Å². The van der Waals surface area contributed by atoms with Crippen molar-refractivity contribution in [2.45, 2.75) is 31.8 Å². The Morgan fingerprint density at radius 3 is 3.14 bits per heavy atom. The van der Waals surface area contributed by atoms with Crippen molar-refractivity contribution in [3.63, 3.8) is 0 Å². The highest BCUT2D eigenvalue weighted by molar-refractivity contribution is 7.13. The summed E-state index contributed by atoms with van der Waals surface area (Å²) in [5.74, 6) is -0.0939. The summed E-state index contributed by atoms with van der Waals surface area (Å²) >= 11 is 7.46. The predicted molar refractivity (Wildman–Crippen MR) is 90.5 cm³/mol. The van der Waals surface area contributed by atoms with Crippen LogP contribution in [0.3, 0.4) is 0 Å². The number of thiazole rings is 1. The normalized spacial score (nSPS) is 21.5. The van der Waals surface area contributed by atoms with E-state index < -0.39 is 0 Å². The van der Waals surface area contributed by atoms with Crippen molar-refractivity contribution in [1.29, 1.82) is 0 Å². The molecule has 0 spiro atoms. The molecule has 3 rings (SSSR count). The molecule has 6 heteroatoms. The van der Waals surface area contributed by atoms with Crippen LogP contribution in [0.2, 0.25) is 5.02 Å². The molecule has 0 aliphatic carbocycles. The lowest BCUT2D eigenvalue weighted by molar-refractivity contribution is 0.0921. The highest BCUT2D eigenvalue weighted by Gasteiger charge is 2.21. The molecule has 1 aromatic heterocycles. The zero-order chi connectivity index (χ0) is 15.5. The SMILES string of the molecule is CC1CC(NC(=O)c2csc(-c3cccc(Cl)c3)n2)CCN1. The van der Waals surface area contributed by atoms with E-state index in [9.17, 15) is 4.79 Å². The third-order valence-electron chi connectivity index (χ3n) is 3.77. The van der Waals surface area contributed by atoms with Gasteiger partial charge in [0.05, 0.1) is 0 Å². The van der Waals surface area contributed by atoms with Crippen molar-refractivity contribution in [1.82, 2.24) is 15.6 Å². The number of hydrogen-bond donors (Lipinski definition) is 2. The summed E-state index contributed by atoms with van der Waals surface area (Å²) in [5, 5.41) is 9.74. The van der Waals surface area contributed by atoms with Gasteiger partial charge in [-0.3, -0.25) is 4.79 Å². The summed E-state index contributed by atoms with van der Waals surface area (Å²) < 4.78 is 0. The standard InChI is InChI=1S/C16H18ClN3OS/c1-10-7-13(5-6-18-10)19-15(21)14-9-22-16(20-14)11-3-2-4-12(17)8-11/h2-4,8-10,13,18H,5-7H2,1H3,(H,19,21). The maximum atomic E-state index is 12.3. The Labute approximate surface area is 138 Å². The van der Waals surface area contributed by atoms with Crippen molar-refractivity contribution < 1.29 is 4.79 Å². The van der Waals surface area contributed by atoms with Gasteiger partial charge < -0.3 is 10.6 Å². The molecule has 2 heterocycles. The van der Waals surface area contributed by atoms with Crippen molar-refractivity contribution in [2.75, 3.05) is 6.54 Å². The number of amides is 1. The average molecular weight is 336 g/mol. The van der Waals surface area contributed by atoms with Crippen LogP contribution in [0.4, 0.5) is 0 Å². The van der Waals surface area contributed by atoms with Crippen molar-refractivity contribution in [2.24, 2.45) is 0 Å². The Hall–Kier alpha value is -1.43. The number of rotatable bonds is 3. The number of nitrogens with zero attached hydrogens (tertiary/aromatic N) is 1. The fourth-order valence-corrected chi connectivity index (χ4v) is 3.64. The van der Waals surface area contributed by atoms with Gasteiger partial charge in [0.25, 0.3) is 5.91 Å². The van der Waals surface area contributed by atoms with Crippen molar-refractivity contribution in [3.05, 3.63) is 40.4 Å². The molecule has 0 bridgehead atoms. The summed E-state index contributed by atoms with van der Waals surface area (Å²) in [5.41, 5.74) is 1.41. The summed E-state index contributed by atoms with van der Waals surface area (Å²) in [6.07, 6.45) is 1.92. The van der Waals surface area contributed by atoms with Crippen molar-refractivity contribution >= 4 is 28.8 Å². The summed E-state index contributed by atoms with van der Waals surface area (Å²) in [6, 6.07) is 8.17. The molecule has 1 aromatic carbocycles. The predicted octanol–water partition coefficient (Wildman–Crippen LogP) is 3.33. The van der Waals surface area contributed by atoms with Gasteiger partial charge in [-0.2, -0.15) is 0 Å². The molecule has 1 saturated heterocycles. The maximum Gasteiger partial charge on any atom is 0.270 e. The molecular formula is C16H18ClN3OS. The number of benzene rings is 1. The first-order chi connectivity index (χ1) is 10.6. The largest absolute Gasteiger partial charge is 0.348 e. The van der Waals surface area contributed by atoms with Crippen LogP contribution in [0, 0.1) is 0 Å². The number of nitrogens with one attached hydrogen (secondary N) is 2. The van der Waals surface area contributed by atoms with E-state index in [0.717, 1.165) is 30.0 Å². The van der Waals surface area contributed by atoms with Gasteiger partial charge >= 0.3 is 0 Å². The maximum absolute atomic E-state index is 12.3. The molecule has 1 aliphatic rings. The van der Waals surface area contributed by atoms with Crippen LogP contribution in [-0.4, -0.2) is 29.5 Å². The number of carbonyl (C=O) groups excluding carboxylic acids is 1. The highest BCUT2D eigenvalue weighted by Crippen LogP contribution is 2.26. The Kier molecular flexibility index (Phi) is 4.76. The van der Waals surface area contributed by atoms with Gasteiger partial charge in [-0.15, -0.1) is 11.3 Å². The zero-order valence-corrected chi connectivity index (χ0v) is 13.9. The summed E-state index contributed by atoms with van der Waals surface area (Å²) in [7, 11) is 0. The third kappa shape index (κ3) is 3.66. The number of halogens is 1. The van der Waals surface area contributed by atoms with Gasteiger partial charge in [-0.1, -0.05) is 23.7 Å². The van der Waals surface area contributed by atoms with Crippen LogP contribution in [0.5, 0.6) is 0 Å². The van der Waals surface area contributed by atoms with E-state index in [1.807, 2.05) is 24.3 Å². The Bertz CT molecular complexity index is 673. The second kappa shape index (κ2) is 6.77. The monoisotopic (exact) mass is 335 g/mol. The molecule has 116 valence electrons. The first-order valence-corrected chi connectivity index (χ1v) is 8.63. The Morgan fingerprint density at radius 2 is 2.36 bits per heavy atom. The molecular weight excluding hydrogens is 318 g/mol. The lowest BCUT2D eigenvalue weighted by atomic mass is 10.0. The van der Waals surface area contributed by atoms with Crippen LogP contribution in [0.1, 0.15) is 30.3 Å². The first kappa shape index (κ1) is 15.5. The van der Waals surface area contributed by atoms with E-state index in [2.05, 4.69) is 22.5 Å². The second-order valence-corrected chi connectivity index (χ2v) is 6.89. The number of carbonyl (C=O) groups is 1. The fourth-order valence-electron chi connectivity index (χ4n) is 2.65. The molecule has 2 unspecified atom stereocenters. The summed E-state index contributed by atoms with van der Waals surface area (Å²) in [4.78, 5) is 16.8. The third-order valence-corrected chi connectivity index (χ3v) is 4.89. The Morgan fingerprint density at radius 1 is 1.50 bits per heavy atom. The lowest BCUT2D eigenvalue weighted by Crippen LogP contribution is -2.46. The van der Waals surface area contributed by atoms with Gasteiger partial charge in [0.15, 0.2) is 0 Å². The van der Waals surface area contributed by atoms with Gasteiger partial charge in [-0.05, 0) is 38.4 Å². The van der Waals surface area contributed by atoms with Crippen LogP contribution in [0.15, 0.2) is 29.6 Å². The zero-order valence-electron chi connectivity index (χ0n) is 12.3. The quantitative estimate of drug-likeness (QED) is 0.904. The molecule has 2 N–H and O–H groups in total. The van der Waals surface area contributed by atoms with E-state index in [-0.39, 0.29) is 11.9 Å². The molecule has 1 amide bonds. The van der Waals surface area contributed by atoms with Gasteiger partial charge in [0.1, 0.15) is 10.7 Å².